The highest BCUT2D eigenvalue weighted by Crippen LogP contribution is 2.19. The first kappa shape index (κ1) is 12.1. The van der Waals surface area contributed by atoms with Gasteiger partial charge in [0.1, 0.15) is 10.8 Å². The minimum atomic E-state index is 0.342. The molecule has 4 nitrogen and oxygen atoms in total. The Morgan fingerprint density at radius 1 is 1.33 bits per heavy atom. The van der Waals surface area contributed by atoms with E-state index in [1.165, 1.54) is 0 Å². The van der Waals surface area contributed by atoms with Crippen LogP contribution in [0, 0.1) is 0 Å². The zero-order valence-electron chi connectivity index (χ0n) is 9.29. The van der Waals surface area contributed by atoms with Gasteiger partial charge in [0.2, 0.25) is 5.95 Å². The van der Waals surface area contributed by atoms with Crippen LogP contribution in [0.3, 0.4) is 0 Å². The number of nitrogen functional groups attached to an aromatic ring is 1. The predicted molar refractivity (Wildman–Crippen MR) is 66.2 cm³/mol. The first-order valence-corrected chi connectivity index (χ1v) is 6.26. The lowest BCUT2D eigenvalue weighted by molar-refractivity contribution is 0.956. The second-order valence-electron chi connectivity index (χ2n) is 3.22. The molecule has 5 heteroatoms. The van der Waals surface area contributed by atoms with Crippen LogP contribution >= 0.6 is 11.8 Å². The summed E-state index contributed by atoms with van der Waals surface area (Å²) in [6.45, 7) is 5.17. The molecule has 1 heterocycles. The van der Waals surface area contributed by atoms with Crippen molar-refractivity contribution in [1.82, 2.24) is 9.97 Å². The average Bonchev–Trinajstić information content (AvgIpc) is 2.23. The molecule has 3 N–H and O–H groups in total. The maximum atomic E-state index is 5.63. The number of aromatic nitrogens is 2. The molecule has 0 atom stereocenters. The second-order valence-corrected chi connectivity index (χ2v) is 4.34. The molecule has 0 fully saturated rings. The Kier molecular flexibility index (Phi) is 5.25. The SMILES string of the molecule is CCCNc1cc(SCCC)nc(N)n1. The zero-order valence-corrected chi connectivity index (χ0v) is 10.1. The van der Waals surface area contributed by atoms with Gasteiger partial charge in [-0.1, -0.05) is 13.8 Å². The number of hydrogen-bond donors (Lipinski definition) is 2. The fourth-order valence-corrected chi connectivity index (χ4v) is 1.83. The van der Waals surface area contributed by atoms with Gasteiger partial charge in [-0.25, -0.2) is 4.98 Å². The summed E-state index contributed by atoms with van der Waals surface area (Å²) in [5.41, 5.74) is 5.63. The lowest BCUT2D eigenvalue weighted by Gasteiger charge is -2.06. The third-order valence-corrected chi connectivity index (χ3v) is 2.85. The molecule has 0 aliphatic carbocycles. The third kappa shape index (κ3) is 4.38. The molecular formula is C10H18N4S. The van der Waals surface area contributed by atoms with E-state index in [1.807, 2.05) is 6.07 Å². The molecule has 1 aromatic heterocycles. The maximum Gasteiger partial charge on any atom is 0.223 e. The number of anilines is 2. The van der Waals surface area contributed by atoms with E-state index in [0.717, 1.165) is 36.0 Å². The molecule has 0 bridgehead atoms. The molecule has 0 spiro atoms. The quantitative estimate of drug-likeness (QED) is 0.576. The van der Waals surface area contributed by atoms with Gasteiger partial charge >= 0.3 is 0 Å². The molecule has 15 heavy (non-hydrogen) atoms. The van der Waals surface area contributed by atoms with E-state index >= 15 is 0 Å². The Morgan fingerprint density at radius 3 is 2.80 bits per heavy atom. The van der Waals surface area contributed by atoms with Crippen LogP contribution in [0.15, 0.2) is 11.1 Å². The first-order chi connectivity index (χ1) is 7.26. The summed E-state index contributed by atoms with van der Waals surface area (Å²) in [6.07, 6.45) is 2.20. The Balaban J connectivity index is 2.66. The topological polar surface area (TPSA) is 63.8 Å². The first-order valence-electron chi connectivity index (χ1n) is 5.27. The molecule has 84 valence electrons. The van der Waals surface area contributed by atoms with Gasteiger partial charge in [0.15, 0.2) is 0 Å². The van der Waals surface area contributed by atoms with Crippen molar-refractivity contribution in [2.24, 2.45) is 0 Å². The smallest absolute Gasteiger partial charge is 0.223 e. The molecular weight excluding hydrogens is 208 g/mol. The standard InChI is InChI=1S/C10H18N4S/c1-3-5-12-8-7-9(15-6-4-2)14-10(11)13-8/h7H,3-6H2,1-2H3,(H3,11,12,13,14). The summed E-state index contributed by atoms with van der Waals surface area (Å²) in [6, 6.07) is 1.95. The van der Waals surface area contributed by atoms with Crippen molar-refractivity contribution >= 4 is 23.5 Å². The van der Waals surface area contributed by atoms with Crippen LogP contribution in [-0.4, -0.2) is 22.3 Å². The summed E-state index contributed by atoms with van der Waals surface area (Å²) in [7, 11) is 0. The van der Waals surface area contributed by atoms with Gasteiger partial charge in [0, 0.05) is 12.6 Å². The van der Waals surface area contributed by atoms with Crippen LogP contribution in [0.1, 0.15) is 26.7 Å². The van der Waals surface area contributed by atoms with Crippen LogP contribution in [0.5, 0.6) is 0 Å². The number of rotatable bonds is 6. The molecule has 0 amide bonds. The van der Waals surface area contributed by atoms with E-state index in [0.29, 0.717) is 5.95 Å². The van der Waals surface area contributed by atoms with Gasteiger partial charge in [-0.15, -0.1) is 11.8 Å². The zero-order chi connectivity index (χ0) is 11.1. The molecule has 1 aromatic rings. The molecule has 0 saturated carbocycles. The lowest BCUT2D eigenvalue weighted by Crippen LogP contribution is -2.05. The molecule has 0 aromatic carbocycles. The Hall–Kier alpha value is -0.970. The Morgan fingerprint density at radius 2 is 2.13 bits per heavy atom. The van der Waals surface area contributed by atoms with Crippen LogP contribution in [-0.2, 0) is 0 Å². The van der Waals surface area contributed by atoms with Crippen molar-refractivity contribution < 1.29 is 0 Å². The highest BCUT2D eigenvalue weighted by atomic mass is 32.2. The van der Waals surface area contributed by atoms with Crippen LogP contribution in [0.25, 0.3) is 0 Å². The fourth-order valence-electron chi connectivity index (χ4n) is 1.07. The van der Waals surface area contributed by atoms with Crippen molar-refractivity contribution in [3.8, 4) is 0 Å². The van der Waals surface area contributed by atoms with Crippen LogP contribution < -0.4 is 11.1 Å². The maximum absolute atomic E-state index is 5.63. The summed E-state index contributed by atoms with van der Waals surface area (Å²) in [5, 5.41) is 4.15. The van der Waals surface area contributed by atoms with Crippen molar-refractivity contribution in [2.45, 2.75) is 31.7 Å². The number of nitrogens with zero attached hydrogens (tertiary/aromatic N) is 2. The fraction of sp³-hybridized carbons (Fsp3) is 0.600. The summed E-state index contributed by atoms with van der Waals surface area (Å²) in [5.74, 6) is 2.22. The molecule has 0 unspecified atom stereocenters. The molecule has 0 saturated heterocycles. The van der Waals surface area contributed by atoms with Crippen molar-refractivity contribution in [3.63, 3.8) is 0 Å². The van der Waals surface area contributed by atoms with Gasteiger partial charge in [-0.2, -0.15) is 4.98 Å². The minimum absolute atomic E-state index is 0.342. The lowest BCUT2D eigenvalue weighted by atomic mass is 10.4. The highest BCUT2D eigenvalue weighted by Gasteiger charge is 2.01. The second kappa shape index (κ2) is 6.50. The number of hydrogen-bond acceptors (Lipinski definition) is 5. The molecule has 0 aliphatic heterocycles. The summed E-state index contributed by atoms with van der Waals surface area (Å²) >= 11 is 1.71. The predicted octanol–water partition coefficient (Wildman–Crippen LogP) is 2.38. The Bertz CT molecular complexity index is 277. The largest absolute Gasteiger partial charge is 0.370 e. The van der Waals surface area contributed by atoms with Gasteiger partial charge in [0.25, 0.3) is 0 Å². The van der Waals surface area contributed by atoms with Crippen molar-refractivity contribution in [3.05, 3.63) is 6.07 Å². The third-order valence-electron chi connectivity index (χ3n) is 1.73. The van der Waals surface area contributed by atoms with Gasteiger partial charge < -0.3 is 11.1 Å². The molecule has 1 rings (SSSR count). The van der Waals surface area contributed by atoms with E-state index in [4.69, 9.17) is 5.73 Å². The normalized spacial score (nSPS) is 10.3. The van der Waals surface area contributed by atoms with Crippen molar-refractivity contribution in [1.29, 1.82) is 0 Å². The van der Waals surface area contributed by atoms with E-state index < -0.39 is 0 Å². The highest BCUT2D eigenvalue weighted by molar-refractivity contribution is 7.99. The summed E-state index contributed by atoms with van der Waals surface area (Å²) < 4.78 is 0. The molecule has 0 aliphatic rings. The van der Waals surface area contributed by atoms with E-state index in [1.54, 1.807) is 11.8 Å². The van der Waals surface area contributed by atoms with E-state index in [-0.39, 0.29) is 0 Å². The monoisotopic (exact) mass is 226 g/mol. The number of nitrogens with one attached hydrogen (secondary N) is 1. The van der Waals surface area contributed by atoms with Gasteiger partial charge in [-0.3, -0.25) is 0 Å². The van der Waals surface area contributed by atoms with Crippen LogP contribution in [0.4, 0.5) is 11.8 Å². The number of thioether (sulfide) groups is 1. The van der Waals surface area contributed by atoms with Gasteiger partial charge in [-0.05, 0) is 18.6 Å². The average molecular weight is 226 g/mol. The van der Waals surface area contributed by atoms with E-state index in [9.17, 15) is 0 Å². The van der Waals surface area contributed by atoms with Crippen LogP contribution in [0.2, 0.25) is 0 Å². The Labute approximate surface area is 95.1 Å². The summed E-state index contributed by atoms with van der Waals surface area (Å²) in [4.78, 5) is 8.29. The van der Waals surface area contributed by atoms with Gasteiger partial charge in [0.05, 0.1) is 0 Å². The molecule has 0 radical (unpaired) electrons. The minimum Gasteiger partial charge on any atom is -0.370 e. The van der Waals surface area contributed by atoms with E-state index in [2.05, 4.69) is 29.1 Å². The van der Waals surface area contributed by atoms with Crippen molar-refractivity contribution in [2.75, 3.05) is 23.3 Å². The number of nitrogens with two attached hydrogens (primary N) is 1.